The summed E-state index contributed by atoms with van der Waals surface area (Å²) in [7, 11) is 0. The van der Waals surface area contributed by atoms with E-state index in [0.717, 1.165) is 61.7 Å². The SMILES string of the molecule is c1ccc(-c2cc(-c3ccccc3)nc(-c3ccc(-c4cccc5c4Oc4cc6ccccc6cc4C54c5ccccc5-c5ccccc54)cc3)n2)cc1. The van der Waals surface area contributed by atoms with Crippen LogP contribution in [0.2, 0.25) is 0 Å². The number of ether oxygens (including phenoxy) is 1. The van der Waals surface area contributed by atoms with E-state index in [1.807, 2.05) is 36.4 Å². The van der Waals surface area contributed by atoms with Crippen molar-refractivity contribution in [3.05, 3.63) is 216 Å². The molecule has 0 bridgehead atoms. The second kappa shape index (κ2) is 12.0. The Kier molecular flexibility index (Phi) is 6.77. The van der Waals surface area contributed by atoms with Crippen LogP contribution in [0.5, 0.6) is 11.5 Å². The fourth-order valence-electron chi connectivity index (χ4n) is 8.73. The highest BCUT2D eigenvalue weighted by Gasteiger charge is 2.51. The van der Waals surface area contributed by atoms with Crippen LogP contribution in [0.4, 0.5) is 0 Å². The Hall–Kier alpha value is -7.10. The molecule has 1 spiro atoms. The number of hydrogen-bond donors (Lipinski definition) is 0. The van der Waals surface area contributed by atoms with Crippen LogP contribution in [0.25, 0.3) is 66.9 Å². The third-order valence-corrected chi connectivity index (χ3v) is 11.2. The van der Waals surface area contributed by atoms with E-state index >= 15 is 0 Å². The minimum Gasteiger partial charge on any atom is -0.456 e. The zero-order valence-electron chi connectivity index (χ0n) is 29.3. The van der Waals surface area contributed by atoms with E-state index < -0.39 is 5.41 Å². The number of benzene rings is 8. The van der Waals surface area contributed by atoms with Gasteiger partial charge in [0.15, 0.2) is 5.82 Å². The number of aromatic nitrogens is 2. The van der Waals surface area contributed by atoms with Crippen molar-refractivity contribution in [3.8, 4) is 67.7 Å². The van der Waals surface area contributed by atoms with Gasteiger partial charge in [-0.05, 0) is 56.8 Å². The van der Waals surface area contributed by atoms with Crippen LogP contribution in [-0.4, -0.2) is 9.97 Å². The topological polar surface area (TPSA) is 35.0 Å². The van der Waals surface area contributed by atoms with Gasteiger partial charge in [0.25, 0.3) is 0 Å². The average molecular weight is 689 g/mol. The number of fused-ring (bicyclic) bond motifs is 10. The van der Waals surface area contributed by atoms with Crippen molar-refractivity contribution in [2.24, 2.45) is 0 Å². The van der Waals surface area contributed by atoms with E-state index in [2.05, 4.69) is 158 Å². The Bertz CT molecular complexity index is 2790. The molecule has 0 unspecified atom stereocenters. The first-order chi connectivity index (χ1) is 26.8. The Balaban J connectivity index is 1.09. The monoisotopic (exact) mass is 688 g/mol. The van der Waals surface area contributed by atoms with Crippen molar-refractivity contribution >= 4 is 10.8 Å². The summed E-state index contributed by atoms with van der Waals surface area (Å²) in [5, 5.41) is 2.36. The molecule has 0 N–H and O–H groups in total. The Morgan fingerprint density at radius 3 is 1.48 bits per heavy atom. The lowest BCUT2D eigenvalue weighted by Gasteiger charge is -2.40. The zero-order chi connectivity index (χ0) is 35.6. The minimum atomic E-state index is -0.546. The van der Waals surface area contributed by atoms with Gasteiger partial charge < -0.3 is 4.74 Å². The standard InChI is InChI=1S/C51H32N2O/c1-3-14-34(15-4-1)46-32-47(35-16-5-2-6-17-35)53-50(52-46)36-28-26-33(27-29-36)39-22-13-25-44-49(39)54-48-31-38-19-8-7-18-37(38)30-45(48)51(44)42-23-11-9-20-40(42)41-21-10-12-24-43(41)51/h1-32H. The van der Waals surface area contributed by atoms with Crippen molar-refractivity contribution in [2.45, 2.75) is 5.41 Å². The van der Waals surface area contributed by atoms with Gasteiger partial charge in [-0.3, -0.25) is 0 Å². The van der Waals surface area contributed by atoms with Gasteiger partial charge in [-0.1, -0.05) is 176 Å². The molecule has 3 nitrogen and oxygen atoms in total. The van der Waals surface area contributed by atoms with Crippen molar-refractivity contribution in [1.29, 1.82) is 0 Å². The van der Waals surface area contributed by atoms with Crippen LogP contribution in [0, 0.1) is 0 Å². The fraction of sp³-hybridized carbons (Fsp3) is 0.0196. The molecule has 0 amide bonds. The zero-order valence-corrected chi connectivity index (χ0v) is 29.3. The molecular weight excluding hydrogens is 657 g/mol. The molecule has 1 aliphatic heterocycles. The van der Waals surface area contributed by atoms with Gasteiger partial charge in [0.1, 0.15) is 11.5 Å². The van der Waals surface area contributed by atoms with E-state index in [9.17, 15) is 0 Å². The van der Waals surface area contributed by atoms with E-state index in [1.54, 1.807) is 0 Å². The summed E-state index contributed by atoms with van der Waals surface area (Å²) in [4.78, 5) is 10.2. The van der Waals surface area contributed by atoms with Crippen LogP contribution in [0.3, 0.4) is 0 Å². The van der Waals surface area contributed by atoms with Gasteiger partial charge in [0.2, 0.25) is 0 Å². The summed E-state index contributed by atoms with van der Waals surface area (Å²) in [6, 6.07) is 68.9. The molecule has 1 aromatic heterocycles. The van der Waals surface area contributed by atoms with E-state index in [-0.39, 0.29) is 0 Å². The Morgan fingerprint density at radius 2 is 0.852 bits per heavy atom. The molecule has 1 aliphatic carbocycles. The molecule has 8 aromatic carbocycles. The van der Waals surface area contributed by atoms with Crippen molar-refractivity contribution in [3.63, 3.8) is 0 Å². The summed E-state index contributed by atoms with van der Waals surface area (Å²) < 4.78 is 7.11. The van der Waals surface area contributed by atoms with Gasteiger partial charge in [-0.15, -0.1) is 0 Å². The number of rotatable bonds is 4. The molecule has 2 aliphatic rings. The first-order valence-corrected chi connectivity index (χ1v) is 18.4. The van der Waals surface area contributed by atoms with E-state index in [0.29, 0.717) is 5.82 Å². The van der Waals surface area contributed by atoms with Gasteiger partial charge in [-0.25, -0.2) is 9.97 Å². The summed E-state index contributed by atoms with van der Waals surface area (Å²) in [5.41, 5.74) is 13.8. The number of hydrogen-bond acceptors (Lipinski definition) is 3. The molecule has 0 saturated carbocycles. The minimum absolute atomic E-state index is 0.546. The predicted octanol–water partition coefficient (Wildman–Crippen LogP) is 12.8. The first-order valence-electron chi connectivity index (χ1n) is 18.4. The summed E-state index contributed by atoms with van der Waals surface area (Å²) in [6.07, 6.45) is 0. The van der Waals surface area contributed by atoms with Crippen molar-refractivity contribution < 1.29 is 4.74 Å². The van der Waals surface area contributed by atoms with Crippen LogP contribution >= 0.6 is 0 Å². The maximum Gasteiger partial charge on any atom is 0.160 e. The summed E-state index contributed by atoms with van der Waals surface area (Å²) in [5.74, 6) is 2.46. The lowest BCUT2D eigenvalue weighted by molar-refractivity contribution is 0.439. The van der Waals surface area contributed by atoms with Crippen LogP contribution in [0.1, 0.15) is 22.3 Å². The Labute approximate surface area is 313 Å². The second-order valence-electron chi connectivity index (χ2n) is 14.1. The highest BCUT2D eigenvalue weighted by Crippen LogP contribution is 2.63. The van der Waals surface area contributed by atoms with Crippen LogP contribution in [-0.2, 0) is 5.41 Å². The molecule has 11 rings (SSSR count). The highest BCUT2D eigenvalue weighted by molar-refractivity contribution is 5.94. The lowest BCUT2D eigenvalue weighted by atomic mass is 9.65. The van der Waals surface area contributed by atoms with Gasteiger partial charge in [-0.2, -0.15) is 0 Å². The molecular formula is C51H32N2O. The normalized spacial score (nSPS) is 13.1. The van der Waals surface area contributed by atoms with Crippen LogP contribution < -0.4 is 4.74 Å². The second-order valence-corrected chi connectivity index (χ2v) is 14.1. The molecule has 0 fully saturated rings. The van der Waals surface area contributed by atoms with Gasteiger partial charge in [0, 0.05) is 33.4 Å². The largest absolute Gasteiger partial charge is 0.456 e. The molecule has 0 atom stereocenters. The molecule has 2 heterocycles. The van der Waals surface area contributed by atoms with Crippen molar-refractivity contribution in [1.82, 2.24) is 9.97 Å². The maximum atomic E-state index is 7.11. The third kappa shape index (κ3) is 4.55. The van der Waals surface area contributed by atoms with E-state index in [1.165, 1.54) is 33.2 Å². The summed E-state index contributed by atoms with van der Waals surface area (Å²) >= 11 is 0. The highest BCUT2D eigenvalue weighted by atomic mass is 16.5. The van der Waals surface area contributed by atoms with Gasteiger partial charge in [0.05, 0.1) is 16.8 Å². The van der Waals surface area contributed by atoms with Crippen LogP contribution in [0.15, 0.2) is 194 Å². The molecule has 54 heavy (non-hydrogen) atoms. The smallest absolute Gasteiger partial charge is 0.160 e. The van der Waals surface area contributed by atoms with E-state index in [4.69, 9.17) is 14.7 Å². The molecule has 252 valence electrons. The average Bonchev–Trinajstić information content (AvgIpc) is 3.54. The summed E-state index contributed by atoms with van der Waals surface area (Å²) in [6.45, 7) is 0. The fourth-order valence-corrected chi connectivity index (χ4v) is 8.73. The molecule has 0 radical (unpaired) electrons. The first kappa shape index (κ1) is 30.5. The third-order valence-electron chi connectivity index (χ3n) is 11.2. The van der Waals surface area contributed by atoms with Crippen molar-refractivity contribution in [2.75, 3.05) is 0 Å². The quantitative estimate of drug-likeness (QED) is 0.185. The number of para-hydroxylation sites is 1. The Morgan fingerprint density at radius 1 is 0.352 bits per heavy atom. The number of nitrogens with zero attached hydrogens (tertiary/aromatic N) is 2. The molecule has 0 saturated heterocycles. The van der Waals surface area contributed by atoms with Gasteiger partial charge >= 0.3 is 0 Å². The lowest BCUT2D eigenvalue weighted by Crippen LogP contribution is -2.32. The molecule has 3 heteroatoms. The maximum absolute atomic E-state index is 7.11. The molecule has 9 aromatic rings. The predicted molar refractivity (Wildman–Crippen MR) is 219 cm³/mol.